The highest BCUT2D eigenvalue weighted by Crippen LogP contribution is 2.29. The molecule has 0 aliphatic rings. The summed E-state index contributed by atoms with van der Waals surface area (Å²) in [6.07, 6.45) is 0.737. The molecule has 0 bridgehead atoms. The lowest BCUT2D eigenvalue weighted by molar-refractivity contribution is 0.778. The molecule has 4 heteroatoms. The molecule has 1 heterocycles. The van der Waals surface area contributed by atoms with Crippen LogP contribution in [-0.2, 0) is 13.5 Å². The van der Waals surface area contributed by atoms with Gasteiger partial charge in [0.25, 0.3) is 0 Å². The maximum absolute atomic E-state index is 6.34. The van der Waals surface area contributed by atoms with Crippen molar-refractivity contribution in [3.63, 3.8) is 0 Å². The van der Waals surface area contributed by atoms with Crippen LogP contribution < -0.4 is 5.73 Å². The van der Waals surface area contributed by atoms with Crippen molar-refractivity contribution in [3.8, 4) is 11.3 Å². The fraction of sp³-hybridized carbons (Fsp3) is 0.357. The average molecular weight is 264 g/mol. The number of hydrogen-bond donors (Lipinski definition) is 1. The number of rotatable bonds is 3. The fourth-order valence-electron chi connectivity index (χ4n) is 1.95. The molecular weight excluding hydrogens is 246 g/mol. The Hall–Kier alpha value is -1.32. The second kappa shape index (κ2) is 5.12. The van der Waals surface area contributed by atoms with Crippen molar-refractivity contribution in [1.29, 1.82) is 0 Å². The minimum absolute atomic E-state index is 0.577. The molecule has 0 atom stereocenters. The van der Waals surface area contributed by atoms with E-state index in [0.717, 1.165) is 23.5 Å². The minimum Gasteiger partial charge on any atom is -0.330 e. The van der Waals surface area contributed by atoms with E-state index in [1.165, 1.54) is 11.1 Å². The van der Waals surface area contributed by atoms with E-state index in [-0.39, 0.29) is 0 Å². The predicted molar refractivity (Wildman–Crippen MR) is 75.9 cm³/mol. The van der Waals surface area contributed by atoms with Gasteiger partial charge in [0.15, 0.2) is 0 Å². The van der Waals surface area contributed by atoms with Gasteiger partial charge in [-0.05, 0) is 37.6 Å². The number of benzene rings is 1. The molecule has 1 aromatic heterocycles. The van der Waals surface area contributed by atoms with Crippen LogP contribution >= 0.6 is 11.6 Å². The number of nitrogens with zero attached hydrogens (tertiary/aromatic N) is 2. The van der Waals surface area contributed by atoms with Gasteiger partial charge in [0, 0.05) is 19.0 Å². The molecular formula is C14H18ClN3. The molecule has 96 valence electrons. The summed E-state index contributed by atoms with van der Waals surface area (Å²) < 4.78 is 1.90. The van der Waals surface area contributed by atoms with Gasteiger partial charge in [0.2, 0.25) is 0 Å². The molecule has 2 aromatic rings. The highest BCUT2D eigenvalue weighted by molar-refractivity contribution is 6.32. The third kappa shape index (κ3) is 2.28. The van der Waals surface area contributed by atoms with E-state index >= 15 is 0 Å². The van der Waals surface area contributed by atoms with Gasteiger partial charge >= 0.3 is 0 Å². The van der Waals surface area contributed by atoms with Crippen LogP contribution in [0.4, 0.5) is 0 Å². The molecule has 0 aliphatic carbocycles. The Bertz CT molecular complexity index is 573. The quantitative estimate of drug-likeness (QED) is 0.925. The van der Waals surface area contributed by atoms with Crippen LogP contribution in [0, 0.1) is 13.8 Å². The maximum atomic E-state index is 6.34. The Morgan fingerprint density at radius 1 is 1.28 bits per heavy atom. The predicted octanol–water partition coefficient (Wildman–Crippen LogP) is 2.86. The van der Waals surface area contributed by atoms with Gasteiger partial charge in [-0.1, -0.05) is 23.7 Å². The van der Waals surface area contributed by atoms with Crippen LogP contribution in [-0.4, -0.2) is 16.1 Å². The van der Waals surface area contributed by atoms with Gasteiger partial charge in [-0.3, -0.25) is 0 Å². The van der Waals surface area contributed by atoms with Gasteiger partial charge in [0.05, 0.1) is 0 Å². The maximum Gasteiger partial charge on any atom is 0.136 e. The third-order valence-electron chi connectivity index (χ3n) is 3.27. The average Bonchev–Trinajstić information content (AvgIpc) is 2.62. The molecule has 0 unspecified atom stereocenters. The molecule has 2 N–H and O–H groups in total. The van der Waals surface area contributed by atoms with Crippen molar-refractivity contribution < 1.29 is 0 Å². The van der Waals surface area contributed by atoms with Crippen LogP contribution in [0.25, 0.3) is 11.3 Å². The summed E-state index contributed by atoms with van der Waals surface area (Å²) in [5.41, 5.74) is 9.99. The molecule has 0 amide bonds. The molecule has 0 saturated carbocycles. The lowest BCUT2D eigenvalue weighted by atomic mass is 10.0. The monoisotopic (exact) mass is 263 g/mol. The number of halogens is 1. The van der Waals surface area contributed by atoms with Crippen LogP contribution in [0.15, 0.2) is 18.2 Å². The molecule has 3 nitrogen and oxygen atoms in total. The van der Waals surface area contributed by atoms with E-state index in [2.05, 4.69) is 37.0 Å². The Balaban J connectivity index is 2.50. The summed E-state index contributed by atoms with van der Waals surface area (Å²) >= 11 is 6.34. The third-order valence-corrected chi connectivity index (χ3v) is 3.70. The van der Waals surface area contributed by atoms with E-state index in [9.17, 15) is 0 Å². The first kappa shape index (κ1) is 13.1. The number of nitrogens with two attached hydrogens (primary N) is 1. The summed E-state index contributed by atoms with van der Waals surface area (Å²) in [4.78, 5) is 4.59. The first-order valence-electron chi connectivity index (χ1n) is 6.03. The number of aromatic nitrogens is 2. The van der Waals surface area contributed by atoms with E-state index < -0.39 is 0 Å². The van der Waals surface area contributed by atoms with Crippen molar-refractivity contribution in [1.82, 2.24) is 9.55 Å². The Kier molecular flexibility index (Phi) is 3.73. The number of hydrogen-bond acceptors (Lipinski definition) is 2. The molecule has 0 fully saturated rings. The highest BCUT2D eigenvalue weighted by Gasteiger charge is 2.14. The van der Waals surface area contributed by atoms with Crippen molar-refractivity contribution in [2.24, 2.45) is 12.8 Å². The van der Waals surface area contributed by atoms with Crippen molar-refractivity contribution in [2.75, 3.05) is 6.54 Å². The molecule has 0 spiro atoms. The SMILES string of the molecule is Cc1ccc(-c2nc(CCN)n(C)c2Cl)cc1C. The largest absolute Gasteiger partial charge is 0.330 e. The molecule has 0 saturated heterocycles. The summed E-state index contributed by atoms with van der Waals surface area (Å²) in [5, 5.41) is 0.668. The van der Waals surface area contributed by atoms with Crippen molar-refractivity contribution >= 4 is 11.6 Å². The van der Waals surface area contributed by atoms with E-state index in [1.54, 1.807) is 0 Å². The minimum atomic E-state index is 0.577. The second-order valence-corrected chi connectivity index (χ2v) is 4.92. The van der Waals surface area contributed by atoms with Crippen LogP contribution in [0.2, 0.25) is 5.15 Å². The summed E-state index contributed by atoms with van der Waals surface area (Å²) in [6.45, 7) is 4.77. The number of imidazole rings is 1. The Morgan fingerprint density at radius 2 is 2.00 bits per heavy atom. The zero-order valence-corrected chi connectivity index (χ0v) is 11.8. The Labute approximate surface area is 113 Å². The molecule has 2 rings (SSSR count). The summed E-state index contributed by atoms with van der Waals surface area (Å²) in [5.74, 6) is 0.927. The zero-order chi connectivity index (χ0) is 13.3. The first-order valence-corrected chi connectivity index (χ1v) is 6.41. The summed E-state index contributed by atoms with van der Waals surface area (Å²) in [6, 6.07) is 6.27. The molecule has 1 aromatic carbocycles. The van der Waals surface area contributed by atoms with Crippen LogP contribution in [0.5, 0.6) is 0 Å². The van der Waals surface area contributed by atoms with Crippen molar-refractivity contribution in [3.05, 3.63) is 40.3 Å². The highest BCUT2D eigenvalue weighted by atomic mass is 35.5. The van der Waals surface area contributed by atoms with Gasteiger partial charge in [-0.2, -0.15) is 0 Å². The topological polar surface area (TPSA) is 43.8 Å². The van der Waals surface area contributed by atoms with E-state index in [4.69, 9.17) is 17.3 Å². The van der Waals surface area contributed by atoms with Gasteiger partial charge in [-0.25, -0.2) is 4.98 Å². The molecule has 18 heavy (non-hydrogen) atoms. The van der Waals surface area contributed by atoms with Gasteiger partial charge < -0.3 is 10.3 Å². The lowest BCUT2D eigenvalue weighted by Crippen LogP contribution is -2.07. The lowest BCUT2D eigenvalue weighted by Gasteiger charge is -2.03. The molecule has 0 aliphatic heterocycles. The Morgan fingerprint density at radius 3 is 2.61 bits per heavy atom. The zero-order valence-electron chi connectivity index (χ0n) is 11.0. The van der Waals surface area contributed by atoms with Gasteiger partial charge in [0.1, 0.15) is 16.7 Å². The smallest absolute Gasteiger partial charge is 0.136 e. The van der Waals surface area contributed by atoms with E-state index in [1.807, 2.05) is 11.6 Å². The standard InChI is InChI=1S/C14H18ClN3/c1-9-4-5-11(8-10(9)2)13-14(15)18(3)12(17-13)6-7-16/h4-5,8H,6-7,16H2,1-3H3. The van der Waals surface area contributed by atoms with Crippen molar-refractivity contribution in [2.45, 2.75) is 20.3 Å². The second-order valence-electron chi connectivity index (χ2n) is 4.56. The van der Waals surface area contributed by atoms with Crippen LogP contribution in [0.3, 0.4) is 0 Å². The first-order chi connectivity index (χ1) is 8.54. The van der Waals surface area contributed by atoms with Gasteiger partial charge in [-0.15, -0.1) is 0 Å². The summed E-state index contributed by atoms with van der Waals surface area (Å²) in [7, 11) is 1.92. The van der Waals surface area contributed by atoms with Crippen LogP contribution in [0.1, 0.15) is 17.0 Å². The van der Waals surface area contributed by atoms with E-state index in [0.29, 0.717) is 11.7 Å². The normalized spacial score (nSPS) is 10.9. The number of aryl methyl sites for hydroxylation is 2. The molecule has 0 radical (unpaired) electrons. The fourth-order valence-corrected chi connectivity index (χ4v) is 2.20.